The molecule has 0 aliphatic heterocycles. The molecule has 9 heteroatoms. The van der Waals surface area contributed by atoms with E-state index in [1.54, 1.807) is 19.2 Å². The molecule has 7 nitrogen and oxygen atoms in total. The molecule has 0 bridgehead atoms. The van der Waals surface area contributed by atoms with Gasteiger partial charge >= 0.3 is 0 Å². The minimum Gasteiger partial charge on any atom is -0.326 e. The number of anilines is 1. The zero-order valence-corrected chi connectivity index (χ0v) is 12.0. The van der Waals surface area contributed by atoms with E-state index < -0.39 is 10.0 Å². The molecule has 0 unspecified atom stereocenters. The molecule has 102 valence electrons. The van der Waals surface area contributed by atoms with Crippen molar-refractivity contribution >= 4 is 27.3 Å². The molecule has 2 aromatic rings. The SMILES string of the molecule is Cc1nnc(NS(=O)(=O)c2ccsc2CN)nc1C. The van der Waals surface area contributed by atoms with Gasteiger partial charge < -0.3 is 5.73 Å². The Morgan fingerprint density at radius 3 is 2.68 bits per heavy atom. The molecule has 0 aliphatic carbocycles. The first-order valence-corrected chi connectivity index (χ1v) is 7.77. The first-order valence-electron chi connectivity index (χ1n) is 5.41. The maximum absolute atomic E-state index is 12.2. The number of nitrogens with zero attached hydrogens (tertiary/aromatic N) is 3. The molecule has 2 heterocycles. The second kappa shape index (κ2) is 5.19. The third-order valence-corrected chi connectivity index (χ3v) is 4.98. The van der Waals surface area contributed by atoms with Crippen LogP contribution in [0.25, 0.3) is 0 Å². The topological polar surface area (TPSA) is 111 Å². The number of rotatable bonds is 4. The predicted molar refractivity (Wildman–Crippen MR) is 72.3 cm³/mol. The van der Waals surface area contributed by atoms with Gasteiger partial charge in [-0.3, -0.25) is 0 Å². The summed E-state index contributed by atoms with van der Waals surface area (Å²) in [5.41, 5.74) is 6.78. The van der Waals surface area contributed by atoms with Crippen molar-refractivity contribution in [2.45, 2.75) is 25.3 Å². The Morgan fingerprint density at radius 2 is 2.05 bits per heavy atom. The summed E-state index contributed by atoms with van der Waals surface area (Å²) in [6.07, 6.45) is 0. The van der Waals surface area contributed by atoms with Gasteiger partial charge in [0, 0.05) is 11.4 Å². The number of sulfonamides is 1. The van der Waals surface area contributed by atoms with E-state index in [0.29, 0.717) is 16.3 Å². The van der Waals surface area contributed by atoms with Gasteiger partial charge in [0.2, 0.25) is 0 Å². The average molecular weight is 299 g/mol. The van der Waals surface area contributed by atoms with Crippen LogP contribution in [0.3, 0.4) is 0 Å². The van der Waals surface area contributed by atoms with Crippen LogP contribution in [0.1, 0.15) is 16.3 Å². The van der Waals surface area contributed by atoms with E-state index in [9.17, 15) is 8.42 Å². The molecule has 0 saturated carbocycles. The van der Waals surface area contributed by atoms with Crippen molar-refractivity contribution in [3.8, 4) is 0 Å². The minimum absolute atomic E-state index is 0.0442. The first-order chi connectivity index (χ1) is 8.94. The van der Waals surface area contributed by atoms with Crippen molar-refractivity contribution in [3.63, 3.8) is 0 Å². The summed E-state index contributed by atoms with van der Waals surface area (Å²) in [4.78, 5) is 4.77. The molecular weight excluding hydrogens is 286 g/mol. The lowest BCUT2D eigenvalue weighted by molar-refractivity contribution is 0.600. The lowest BCUT2D eigenvalue weighted by Gasteiger charge is -2.07. The monoisotopic (exact) mass is 299 g/mol. The van der Waals surface area contributed by atoms with Crippen LogP contribution in [-0.2, 0) is 16.6 Å². The van der Waals surface area contributed by atoms with Gasteiger partial charge in [0.05, 0.1) is 11.4 Å². The van der Waals surface area contributed by atoms with Crippen LogP contribution in [0.15, 0.2) is 16.3 Å². The zero-order valence-electron chi connectivity index (χ0n) is 10.4. The zero-order chi connectivity index (χ0) is 14.0. The molecule has 0 saturated heterocycles. The molecule has 0 fully saturated rings. The van der Waals surface area contributed by atoms with Crippen LogP contribution < -0.4 is 10.5 Å². The standard InChI is InChI=1S/C10H13N5O2S2/c1-6-7(2)13-14-10(12-6)15-19(16,17)9-3-4-18-8(9)5-11/h3-4H,5,11H2,1-2H3,(H,12,14,15). The van der Waals surface area contributed by atoms with Gasteiger partial charge in [-0.25, -0.2) is 18.1 Å². The lowest BCUT2D eigenvalue weighted by atomic mass is 10.4. The first kappa shape index (κ1) is 13.8. The molecule has 0 radical (unpaired) electrons. The van der Waals surface area contributed by atoms with Crippen LogP contribution in [0.5, 0.6) is 0 Å². The Hall–Kier alpha value is -1.58. The van der Waals surface area contributed by atoms with Gasteiger partial charge in [0.25, 0.3) is 16.0 Å². The largest absolute Gasteiger partial charge is 0.326 e. The molecule has 2 aromatic heterocycles. The number of aryl methyl sites for hydroxylation is 2. The summed E-state index contributed by atoms with van der Waals surface area (Å²) >= 11 is 1.29. The summed E-state index contributed by atoms with van der Waals surface area (Å²) in [5.74, 6) is -0.0442. The van der Waals surface area contributed by atoms with Gasteiger partial charge in [0.15, 0.2) is 0 Å². The van der Waals surface area contributed by atoms with Crippen molar-refractivity contribution in [1.82, 2.24) is 15.2 Å². The highest BCUT2D eigenvalue weighted by Crippen LogP contribution is 2.22. The van der Waals surface area contributed by atoms with Gasteiger partial charge in [-0.2, -0.15) is 5.10 Å². The molecule has 0 aliphatic rings. The molecule has 0 spiro atoms. The van der Waals surface area contributed by atoms with Crippen molar-refractivity contribution < 1.29 is 8.42 Å². The van der Waals surface area contributed by atoms with E-state index in [4.69, 9.17) is 5.73 Å². The molecule has 0 amide bonds. The molecular formula is C10H13N5O2S2. The fourth-order valence-corrected chi connectivity index (χ4v) is 3.67. The number of hydrogen-bond acceptors (Lipinski definition) is 7. The number of aromatic nitrogens is 3. The van der Waals surface area contributed by atoms with Gasteiger partial charge in [-0.1, -0.05) is 0 Å². The maximum atomic E-state index is 12.2. The molecule has 0 atom stereocenters. The Morgan fingerprint density at radius 1 is 1.32 bits per heavy atom. The van der Waals surface area contributed by atoms with Crippen molar-refractivity contribution in [2.24, 2.45) is 5.73 Å². The molecule has 0 aromatic carbocycles. The lowest BCUT2D eigenvalue weighted by Crippen LogP contribution is -2.17. The summed E-state index contributed by atoms with van der Waals surface area (Å²) in [5, 5.41) is 9.21. The molecule has 19 heavy (non-hydrogen) atoms. The van der Waals surface area contributed by atoms with Gasteiger partial charge in [-0.15, -0.1) is 16.4 Å². The third-order valence-electron chi connectivity index (χ3n) is 2.50. The molecule has 3 N–H and O–H groups in total. The second-order valence-corrected chi connectivity index (χ2v) is 6.48. The Balaban J connectivity index is 2.34. The number of thiophene rings is 1. The second-order valence-electron chi connectivity index (χ2n) is 3.82. The van der Waals surface area contributed by atoms with Crippen molar-refractivity contribution in [1.29, 1.82) is 0 Å². The normalized spacial score (nSPS) is 11.5. The highest BCUT2D eigenvalue weighted by Gasteiger charge is 2.20. The number of nitrogens with one attached hydrogen (secondary N) is 1. The van der Waals surface area contributed by atoms with E-state index in [1.807, 2.05) is 0 Å². The van der Waals surface area contributed by atoms with Gasteiger partial charge in [0.1, 0.15) is 4.90 Å². The average Bonchev–Trinajstić information content (AvgIpc) is 2.82. The van der Waals surface area contributed by atoms with Crippen LogP contribution in [-0.4, -0.2) is 23.6 Å². The highest BCUT2D eigenvalue weighted by molar-refractivity contribution is 7.92. The quantitative estimate of drug-likeness (QED) is 0.864. The third kappa shape index (κ3) is 2.88. The Kier molecular flexibility index (Phi) is 3.78. The highest BCUT2D eigenvalue weighted by atomic mass is 32.2. The predicted octanol–water partition coefficient (Wildman–Crippen LogP) is 0.809. The van der Waals surface area contributed by atoms with E-state index in [1.165, 1.54) is 17.4 Å². The Labute approximate surface area is 115 Å². The van der Waals surface area contributed by atoms with E-state index in [0.717, 1.165) is 0 Å². The van der Waals surface area contributed by atoms with E-state index in [2.05, 4.69) is 19.9 Å². The van der Waals surface area contributed by atoms with Crippen LogP contribution in [0.4, 0.5) is 5.95 Å². The van der Waals surface area contributed by atoms with E-state index >= 15 is 0 Å². The summed E-state index contributed by atoms with van der Waals surface area (Å²) < 4.78 is 26.6. The summed E-state index contributed by atoms with van der Waals surface area (Å²) in [6.45, 7) is 3.65. The summed E-state index contributed by atoms with van der Waals surface area (Å²) in [7, 11) is -3.73. The van der Waals surface area contributed by atoms with Gasteiger partial charge in [-0.05, 0) is 25.3 Å². The number of hydrogen-bond donors (Lipinski definition) is 2. The summed E-state index contributed by atoms with van der Waals surface area (Å²) in [6, 6.07) is 1.50. The van der Waals surface area contributed by atoms with Crippen LogP contribution in [0, 0.1) is 13.8 Å². The van der Waals surface area contributed by atoms with Crippen LogP contribution >= 0.6 is 11.3 Å². The van der Waals surface area contributed by atoms with Crippen molar-refractivity contribution in [2.75, 3.05) is 4.72 Å². The van der Waals surface area contributed by atoms with Crippen LogP contribution in [0.2, 0.25) is 0 Å². The maximum Gasteiger partial charge on any atom is 0.265 e. The smallest absolute Gasteiger partial charge is 0.265 e. The fraction of sp³-hybridized carbons (Fsp3) is 0.300. The van der Waals surface area contributed by atoms with E-state index in [-0.39, 0.29) is 17.4 Å². The minimum atomic E-state index is -3.73. The fourth-order valence-electron chi connectivity index (χ4n) is 1.39. The molecule has 2 rings (SSSR count). The van der Waals surface area contributed by atoms with Crippen molar-refractivity contribution in [3.05, 3.63) is 27.7 Å². The Bertz CT molecular complexity index is 696. The number of nitrogens with two attached hydrogens (primary N) is 1.